The molecule has 0 aliphatic heterocycles. The molecule has 2 rings (SSSR count). The third kappa shape index (κ3) is 1.92. The van der Waals surface area contributed by atoms with Crippen molar-refractivity contribution in [3.8, 4) is 24.2 Å². The van der Waals surface area contributed by atoms with E-state index in [-0.39, 0.29) is 6.79 Å². The third-order valence-corrected chi connectivity index (χ3v) is 2.20. The van der Waals surface area contributed by atoms with Crippen LogP contribution in [0.5, 0.6) is 5.75 Å². The number of methoxy groups -OCH3 is 1. The van der Waals surface area contributed by atoms with Crippen LogP contribution in [0.2, 0.25) is 0 Å². The van der Waals surface area contributed by atoms with E-state index in [0.717, 1.165) is 0 Å². The van der Waals surface area contributed by atoms with Crippen LogP contribution in [0.15, 0.2) is 18.5 Å². The fourth-order valence-electron chi connectivity index (χ4n) is 1.48. The fraction of sp³-hybridized carbons (Fsp3) is 0.167. The molecule has 2 heterocycles. The molecule has 0 fully saturated rings. The molecule has 0 bridgehead atoms. The van der Waals surface area contributed by atoms with Crippen molar-refractivity contribution in [2.75, 3.05) is 13.9 Å². The zero-order valence-electron chi connectivity index (χ0n) is 9.17. The lowest BCUT2D eigenvalue weighted by molar-refractivity contribution is 0.0519. The van der Waals surface area contributed by atoms with Gasteiger partial charge in [-0.1, -0.05) is 5.92 Å². The molecule has 0 aliphatic carbocycles. The number of terminal acetylenes is 1. The van der Waals surface area contributed by atoms with E-state index in [1.165, 1.54) is 17.8 Å². The monoisotopic (exact) mass is 227 g/mol. The molecule has 0 saturated heterocycles. The van der Waals surface area contributed by atoms with Gasteiger partial charge in [0, 0.05) is 18.9 Å². The van der Waals surface area contributed by atoms with Crippen LogP contribution in [0.25, 0.3) is 5.52 Å². The zero-order chi connectivity index (χ0) is 12.3. The summed E-state index contributed by atoms with van der Waals surface area (Å²) in [6.45, 7) is 0.0831. The smallest absolute Gasteiger partial charge is 0.188 e. The molecule has 0 spiro atoms. The minimum absolute atomic E-state index is 0.0831. The minimum atomic E-state index is 0.0831. The first kappa shape index (κ1) is 11.0. The van der Waals surface area contributed by atoms with Crippen LogP contribution in [0.1, 0.15) is 11.1 Å². The van der Waals surface area contributed by atoms with Gasteiger partial charge in [-0.25, -0.2) is 4.52 Å². The number of nitriles is 1. The van der Waals surface area contributed by atoms with E-state index in [4.69, 9.17) is 21.2 Å². The van der Waals surface area contributed by atoms with Gasteiger partial charge in [-0.15, -0.1) is 6.42 Å². The molecule has 2 aromatic heterocycles. The van der Waals surface area contributed by atoms with E-state index in [2.05, 4.69) is 11.0 Å². The highest BCUT2D eigenvalue weighted by Gasteiger charge is 2.11. The Morgan fingerprint density at radius 3 is 3.06 bits per heavy atom. The van der Waals surface area contributed by atoms with Crippen molar-refractivity contribution in [1.29, 1.82) is 5.26 Å². The van der Waals surface area contributed by atoms with Gasteiger partial charge in [0.1, 0.15) is 17.1 Å². The molecule has 0 unspecified atom stereocenters. The molecular formula is C12H9N3O2. The summed E-state index contributed by atoms with van der Waals surface area (Å²) in [5, 5.41) is 13.0. The maximum Gasteiger partial charge on any atom is 0.188 e. The highest BCUT2D eigenvalue weighted by Crippen LogP contribution is 2.24. The number of nitrogens with zero attached hydrogens (tertiary/aromatic N) is 3. The van der Waals surface area contributed by atoms with Gasteiger partial charge in [0.15, 0.2) is 12.5 Å². The van der Waals surface area contributed by atoms with Crippen molar-refractivity contribution in [2.45, 2.75) is 0 Å². The lowest BCUT2D eigenvalue weighted by Gasteiger charge is -2.07. The SMILES string of the molecule is C#Cc1cc(OCOC)c2c(C#N)cnn2c1. The van der Waals surface area contributed by atoms with Crippen LogP contribution in [-0.2, 0) is 4.74 Å². The van der Waals surface area contributed by atoms with Crippen LogP contribution in [0.3, 0.4) is 0 Å². The van der Waals surface area contributed by atoms with E-state index in [1.54, 1.807) is 12.3 Å². The van der Waals surface area contributed by atoms with E-state index in [1.807, 2.05) is 6.07 Å². The molecule has 0 aromatic carbocycles. The fourth-order valence-corrected chi connectivity index (χ4v) is 1.48. The molecular weight excluding hydrogens is 218 g/mol. The van der Waals surface area contributed by atoms with Gasteiger partial charge in [-0.05, 0) is 6.07 Å². The van der Waals surface area contributed by atoms with Crippen LogP contribution in [0.4, 0.5) is 0 Å². The van der Waals surface area contributed by atoms with Crippen molar-refractivity contribution in [2.24, 2.45) is 0 Å². The topological polar surface area (TPSA) is 59.5 Å². The van der Waals surface area contributed by atoms with Gasteiger partial charge in [-0.3, -0.25) is 0 Å². The summed E-state index contributed by atoms with van der Waals surface area (Å²) in [5.74, 6) is 2.98. The van der Waals surface area contributed by atoms with Crippen molar-refractivity contribution in [3.05, 3.63) is 29.6 Å². The van der Waals surface area contributed by atoms with Crippen molar-refractivity contribution < 1.29 is 9.47 Å². The average Bonchev–Trinajstić information content (AvgIpc) is 2.78. The van der Waals surface area contributed by atoms with Crippen LogP contribution in [0, 0.1) is 23.7 Å². The van der Waals surface area contributed by atoms with E-state index in [0.29, 0.717) is 22.4 Å². The molecule has 5 nitrogen and oxygen atoms in total. The van der Waals surface area contributed by atoms with Gasteiger partial charge >= 0.3 is 0 Å². The molecule has 0 saturated carbocycles. The van der Waals surface area contributed by atoms with Crippen molar-refractivity contribution >= 4 is 5.52 Å². The van der Waals surface area contributed by atoms with Gasteiger partial charge in [0.25, 0.3) is 0 Å². The molecule has 17 heavy (non-hydrogen) atoms. The Kier molecular flexibility index (Phi) is 2.95. The highest BCUT2D eigenvalue weighted by molar-refractivity contribution is 5.70. The highest BCUT2D eigenvalue weighted by atomic mass is 16.7. The number of ether oxygens (including phenoxy) is 2. The largest absolute Gasteiger partial charge is 0.465 e. The molecule has 5 heteroatoms. The van der Waals surface area contributed by atoms with Gasteiger partial charge in [0.05, 0.1) is 6.20 Å². The Bertz CT molecular complexity index is 631. The second kappa shape index (κ2) is 4.56. The van der Waals surface area contributed by atoms with Gasteiger partial charge < -0.3 is 9.47 Å². The molecule has 0 aliphatic rings. The normalized spacial score (nSPS) is 9.82. The molecule has 0 N–H and O–H groups in total. The summed E-state index contributed by atoms with van der Waals surface area (Å²) in [6, 6.07) is 3.73. The first-order valence-electron chi connectivity index (χ1n) is 4.80. The predicted octanol–water partition coefficient (Wildman–Crippen LogP) is 1.17. The van der Waals surface area contributed by atoms with Crippen LogP contribution < -0.4 is 4.74 Å². The summed E-state index contributed by atoms with van der Waals surface area (Å²) >= 11 is 0. The Morgan fingerprint density at radius 1 is 1.59 bits per heavy atom. The number of pyridine rings is 1. The van der Waals surface area contributed by atoms with Crippen molar-refractivity contribution in [3.63, 3.8) is 0 Å². The molecule has 0 radical (unpaired) electrons. The molecule has 2 aromatic rings. The quantitative estimate of drug-likeness (QED) is 0.583. The van der Waals surface area contributed by atoms with E-state index < -0.39 is 0 Å². The van der Waals surface area contributed by atoms with Crippen LogP contribution in [-0.4, -0.2) is 23.5 Å². The second-order valence-electron chi connectivity index (χ2n) is 3.25. The van der Waals surface area contributed by atoms with Crippen LogP contribution >= 0.6 is 0 Å². The number of fused-ring (bicyclic) bond motifs is 1. The molecule has 84 valence electrons. The first-order valence-corrected chi connectivity index (χ1v) is 4.80. The van der Waals surface area contributed by atoms with Crippen molar-refractivity contribution in [1.82, 2.24) is 9.61 Å². The lowest BCUT2D eigenvalue weighted by atomic mass is 10.2. The summed E-state index contributed by atoms with van der Waals surface area (Å²) < 4.78 is 11.7. The standard InChI is InChI=1S/C12H9N3O2/c1-3-9-4-11(17-8-16-2)12-10(5-13)6-14-15(12)7-9/h1,4,6-7H,8H2,2H3. The van der Waals surface area contributed by atoms with E-state index in [9.17, 15) is 0 Å². The number of rotatable bonds is 3. The van der Waals surface area contributed by atoms with Gasteiger partial charge in [0.2, 0.25) is 0 Å². The number of hydrogen-bond acceptors (Lipinski definition) is 4. The molecule has 0 amide bonds. The second-order valence-corrected chi connectivity index (χ2v) is 3.25. The predicted molar refractivity (Wildman–Crippen MR) is 60.3 cm³/mol. The Labute approximate surface area is 98.2 Å². The maximum absolute atomic E-state index is 8.97. The average molecular weight is 227 g/mol. The van der Waals surface area contributed by atoms with E-state index >= 15 is 0 Å². The number of hydrogen-bond donors (Lipinski definition) is 0. The maximum atomic E-state index is 8.97. The Hall–Kier alpha value is -2.50. The summed E-state index contributed by atoms with van der Waals surface area (Å²) in [7, 11) is 1.52. The summed E-state index contributed by atoms with van der Waals surface area (Å²) in [5.41, 5.74) is 1.64. The lowest BCUT2D eigenvalue weighted by Crippen LogP contribution is -2.02. The minimum Gasteiger partial charge on any atom is -0.465 e. The summed E-state index contributed by atoms with van der Waals surface area (Å²) in [4.78, 5) is 0. The Balaban J connectivity index is 2.64. The zero-order valence-corrected chi connectivity index (χ0v) is 9.17. The Morgan fingerprint density at radius 2 is 2.41 bits per heavy atom. The first-order chi connectivity index (χ1) is 8.30. The third-order valence-electron chi connectivity index (χ3n) is 2.20. The molecule has 0 atom stereocenters. The summed E-state index contributed by atoms with van der Waals surface area (Å²) in [6.07, 6.45) is 8.46. The van der Waals surface area contributed by atoms with Gasteiger partial charge in [-0.2, -0.15) is 10.4 Å². The number of aromatic nitrogens is 2.